The summed E-state index contributed by atoms with van der Waals surface area (Å²) in [5.41, 5.74) is 3.62. The summed E-state index contributed by atoms with van der Waals surface area (Å²) in [7, 11) is 0. The number of pyridine rings is 1. The summed E-state index contributed by atoms with van der Waals surface area (Å²) in [4.78, 5) is 18.7. The van der Waals surface area contributed by atoms with E-state index in [1.807, 2.05) is 10.7 Å². The lowest BCUT2D eigenvalue weighted by atomic mass is 9.98. The van der Waals surface area contributed by atoms with Gasteiger partial charge in [0.2, 0.25) is 0 Å². The maximum atomic E-state index is 13.3. The lowest BCUT2D eigenvalue weighted by Crippen LogP contribution is -2.37. The molecule has 29 heavy (non-hydrogen) atoms. The number of likely N-dealkylation sites (tertiary alicyclic amines) is 1. The topological polar surface area (TPSA) is 79.7 Å². The Hall–Kier alpha value is -2.54. The summed E-state index contributed by atoms with van der Waals surface area (Å²) >= 11 is 0. The minimum absolute atomic E-state index is 0.0630. The van der Waals surface area contributed by atoms with E-state index >= 15 is 0 Å². The van der Waals surface area contributed by atoms with Gasteiger partial charge >= 0.3 is 0 Å². The minimum atomic E-state index is -0.256. The molecule has 1 aromatic carbocycles. The Kier molecular flexibility index (Phi) is 5.02. The molecule has 2 aromatic heterocycles. The number of tetrazole rings is 1. The molecule has 4 rings (SSSR count). The molecule has 3 heterocycles. The van der Waals surface area contributed by atoms with Gasteiger partial charge in [-0.15, -0.1) is 5.10 Å². The highest BCUT2D eigenvalue weighted by atomic mass is 16.1. The van der Waals surface area contributed by atoms with Crippen LogP contribution in [0.3, 0.4) is 0 Å². The van der Waals surface area contributed by atoms with Crippen molar-refractivity contribution in [3.8, 4) is 0 Å². The molecule has 0 spiro atoms. The number of aryl methyl sites for hydroxylation is 2. The molecule has 3 aromatic rings. The third-order valence-electron chi connectivity index (χ3n) is 6.56. The smallest absolute Gasteiger partial charge is 0.253 e. The number of hydrogen-bond acceptors (Lipinski definition) is 5. The van der Waals surface area contributed by atoms with Crippen molar-refractivity contribution in [3.05, 3.63) is 51.1 Å². The summed E-state index contributed by atoms with van der Waals surface area (Å²) in [5, 5.41) is 13.8. The number of aromatic amines is 1. The van der Waals surface area contributed by atoms with Gasteiger partial charge in [0.05, 0.1) is 11.1 Å². The Bertz CT molecular complexity index is 1090. The molecule has 1 fully saturated rings. The van der Waals surface area contributed by atoms with Crippen LogP contribution in [0.25, 0.3) is 10.9 Å². The van der Waals surface area contributed by atoms with Gasteiger partial charge in [-0.1, -0.05) is 19.1 Å². The van der Waals surface area contributed by atoms with Gasteiger partial charge < -0.3 is 4.98 Å². The van der Waals surface area contributed by atoms with Crippen molar-refractivity contribution >= 4 is 10.9 Å². The van der Waals surface area contributed by atoms with Crippen LogP contribution in [0.4, 0.5) is 0 Å². The number of aromatic nitrogens is 5. The maximum Gasteiger partial charge on any atom is 0.253 e. The molecular weight excluding hydrogens is 364 g/mol. The number of benzene rings is 1. The van der Waals surface area contributed by atoms with Crippen molar-refractivity contribution in [2.75, 3.05) is 13.1 Å². The normalized spacial score (nSPS) is 16.6. The Labute approximate surface area is 171 Å². The molecule has 0 bridgehead atoms. The van der Waals surface area contributed by atoms with Crippen molar-refractivity contribution in [1.29, 1.82) is 0 Å². The summed E-state index contributed by atoms with van der Waals surface area (Å²) in [5.74, 6) is 0.743. The highest BCUT2D eigenvalue weighted by Gasteiger charge is 2.35. The van der Waals surface area contributed by atoms with E-state index in [2.05, 4.69) is 72.2 Å². The summed E-state index contributed by atoms with van der Waals surface area (Å²) in [6.45, 7) is 12.4. The van der Waals surface area contributed by atoms with Crippen molar-refractivity contribution in [1.82, 2.24) is 30.1 Å². The summed E-state index contributed by atoms with van der Waals surface area (Å²) < 4.78 is 1.90. The average molecular weight is 395 g/mol. The van der Waals surface area contributed by atoms with Crippen molar-refractivity contribution in [2.45, 2.75) is 65.5 Å². The number of H-pyrrole nitrogens is 1. The molecule has 1 aliphatic heterocycles. The van der Waals surface area contributed by atoms with Gasteiger partial charge in [-0.05, 0) is 93.1 Å². The minimum Gasteiger partial charge on any atom is -0.321 e. The lowest BCUT2D eigenvalue weighted by Gasteiger charge is -2.31. The van der Waals surface area contributed by atoms with Crippen LogP contribution in [0.5, 0.6) is 0 Å². The van der Waals surface area contributed by atoms with E-state index in [4.69, 9.17) is 0 Å². The highest BCUT2D eigenvalue weighted by molar-refractivity contribution is 5.83. The predicted octanol–water partition coefficient (Wildman–Crippen LogP) is 3.46. The van der Waals surface area contributed by atoms with Gasteiger partial charge in [0.25, 0.3) is 5.56 Å². The fourth-order valence-corrected chi connectivity index (χ4v) is 4.19. The van der Waals surface area contributed by atoms with Gasteiger partial charge in [0.15, 0.2) is 5.82 Å². The molecule has 154 valence electrons. The van der Waals surface area contributed by atoms with E-state index in [1.165, 1.54) is 5.56 Å². The predicted molar refractivity (Wildman–Crippen MR) is 114 cm³/mol. The molecule has 0 saturated carbocycles. The van der Waals surface area contributed by atoms with Crippen LogP contribution >= 0.6 is 0 Å². The Morgan fingerprint density at radius 2 is 1.93 bits per heavy atom. The summed E-state index contributed by atoms with van der Waals surface area (Å²) in [6.07, 6.45) is 3.14. The molecule has 7 heteroatoms. The first kappa shape index (κ1) is 19.8. The number of nitrogens with one attached hydrogen (secondary N) is 1. The van der Waals surface area contributed by atoms with Crippen LogP contribution in [0.1, 0.15) is 68.6 Å². The average Bonchev–Trinajstić information content (AvgIpc) is 3.39. The number of rotatable bonds is 5. The molecule has 1 N–H and O–H groups in total. The molecule has 1 atom stereocenters. The third-order valence-corrected chi connectivity index (χ3v) is 6.56. The quantitative estimate of drug-likeness (QED) is 0.717. The van der Waals surface area contributed by atoms with Crippen LogP contribution in [0, 0.1) is 13.8 Å². The van der Waals surface area contributed by atoms with Gasteiger partial charge in [-0.2, -0.15) is 0 Å². The van der Waals surface area contributed by atoms with Crippen LogP contribution in [-0.4, -0.2) is 43.2 Å². The van der Waals surface area contributed by atoms with Gasteiger partial charge in [0.1, 0.15) is 6.04 Å². The van der Waals surface area contributed by atoms with Gasteiger partial charge in [0, 0.05) is 5.56 Å². The number of nitrogens with zero attached hydrogens (tertiary/aromatic N) is 5. The molecule has 0 unspecified atom stereocenters. The molecular formula is C22H30N6O. The van der Waals surface area contributed by atoms with E-state index < -0.39 is 0 Å². The maximum absolute atomic E-state index is 13.3. The third kappa shape index (κ3) is 3.37. The van der Waals surface area contributed by atoms with Crippen molar-refractivity contribution in [3.63, 3.8) is 0 Å². The lowest BCUT2D eigenvalue weighted by molar-refractivity contribution is 0.230. The Balaban J connectivity index is 1.93. The first-order valence-corrected chi connectivity index (χ1v) is 10.5. The van der Waals surface area contributed by atoms with E-state index in [1.54, 1.807) is 0 Å². The molecule has 1 saturated heterocycles. The van der Waals surface area contributed by atoms with Gasteiger partial charge in [-0.3, -0.25) is 9.69 Å². The van der Waals surface area contributed by atoms with Gasteiger partial charge in [-0.25, -0.2) is 4.68 Å². The van der Waals surface area contributed by atoms with E-state index in [0.29, 0.717) is 5.56 Å². The second-order valence-electron chi connectivity index (χ2n) is 8.79. The van der Waals surface area contributed by atoms with Crippen LogP contribution < -0.4 is 5.56 Å². The molecule has 7 nitrogen and oxygen atoms in total. The van der Waals surface area contributed by atoms with Crippen molar-refractivity contribution < 1.29 is 0 Å². The first-order chi connectivity index (χ1) is 13.8. The number of hydrogen-bond donors (Lipinski definition) is 1. The highest BCUT2D eigenvalue weighted by Crippen LogP contribution is 2.32. The van der Waals surface area contributed by atoms with Crippen LogP contribution in [0.2, 0.25) is 0 Å². The Morgan fingerprint density at radius 1 is 1.21 bits per heavy atom. The monoisotopic (exact) mass is 394 g/mol. The number of fused-ring (bicyclic) bond motifs is 1. The SMILES string of the molecule is CCC(C)(C)n1nnnc1[C@@H](c1cc2ccc(C)c(C)c2[nH]c1=O)N1CCCC1. The zero-order valence-corrected chi connectivity index (χ0v) is 18.0. The van der Waals surface area contributed by atoms with E-state index in [-0.39, 0.29) is 17.1 Å². The van der Waals surface area contributed by atoms with Crippen LogP contribution in [0.15, 0.2) is 23.0 Å². The first-order valence-electron chi connectivity index (χ1n) is 10.5. The fraction of sp³-hybridized carbons (Fsp3) is 0.545. The second-order valence-corrected chi connectivity index (χ2v) is 8.79. The second kappa shape index (κ2) is 7.37. The molecule has 1 aliphatic rings. The zero-order valence-electron chi connectivity index (χ0n) is 18.0. The van der Waals surface area contributed by atoms with Crippen molar-refractivity contribution in [2.24, 2.45) is 0 Å². The largest absolute Gasteiger partial charge is 0.321 e. The molecule has 0 amide bonds. The molecule has 0 radical (unpaired) electrons. The zero-order chi connectivity index (χ0) is 20.8. The molecule has 0 aliphatic carbocycles. The Morgan fingerprint density at radius 3 is 2.62 bits per heavy atom. The van der Waals surface area contributed by atoms with Crippen LogP contribution in [-0.2, 0) is 5.54 Å². The summed E-state index contributed by atoms with van der Waals surface area (Å²) in [6, 6.07) is 5.96. The fourth-order valence-electron chi connectivity index (χ4n) is 4.19. The van der Waals surface area contributed by atoms with E-state index in [9.17, 15) is 4.79 Å². The van der Waals surface area contributed by atoms with E-state index in [0.717, 1.165) is 54.6 Å². The standard InChI is InChI=1S/C22H30N6O/c1-6-22(4,5)28-20(24-25-26-28)19(27-11-7-8-12-27)17-13-16-10-9-14(2)15(3)18(16)23-21(17)29/h9-10,13,19H,6-8,11-12H2,1-5H3,(H,23,29)/t19-/m1/s1.